The second kappa shape index (κ2) is 10.2. The van der Waals surface area contributed by atoms with Crippen LogP contribution < -0.4 is 14.9 Å². The minimum absolute atomic E-state index is 0.306. The number of ether oxygens (including phenoxy) is 2. The van der Waals surface area contributed by atoms with E-state index in [4.69, 9.17) is 9.47 Å². The monoisotopic (exact) mass is 530 g/mol. The van der Waals surface area contributed by atoms with Crippen molar-refractivity contribution in [2.75, 3.05) is 7.11 Å². The highest BCUT2D eigenvalue weighted by Gasteiger charge is 2.12. The molecule has 0 spiro atoms. The standard InChI is InChI=1S/C22H16Br2N2O4/c1-29-19-9-4-15(5-10-19)22(28)30-20-11-8-18(24)12-16(20)13-25-26-21(27)14-2-6-17(23)7-3-14/h2-13H,1H3,(H,26,27)/b25-13-. The van der Waals surface area contributed by atoms with E-state index in [-0.39, 0.29) is 5.91 Å². The summed E-state index contributed by atoms with van der Waals surface area (Å²) in [4.78, 5) is 24.6. The van der Waals surface area contributed by atoms with E-state index in [0.717, 1.165) is 8.95 Å². The molecule has 0 fully saturated rings. The summed E-state index contributed by atoms with van der Waals surface area (Å²) in [6.45, 7) is 0. The molecule has 0 radical (unpaired) electrons. The SMILES string of the molecule is COc1ccc(C(=O)Oc2ccc(Br)cc2/C=N\NC(=O)c2ccc(Br)cc2)cc1. The molecule has 8 heteroatoms. The summed E-state index contributed by atoms with van der Waals surface area (Å²) in [7, 11) is 1.55. The Bertz CT molecular complexity index is 1080. The number of nitrogens with zero attached hydrogens (tertiary/aromatic N) is 1. The van der Waals surface area contributed by atoms with E-state index in [9.17, 15) is 9.59 Å². The van der Waals surface area contributed by atoms with Gasteiger partial charge in [0.1, 0.15) is 11.5 Å². The van der Waals surface area contributed by atoms with Crippen molar-refractivity contribution >= 4 is 50.0 Å². The molecular formula is C22H16Br2N2O4. The largest absolute Gasteiger partial charge is 0.497 e. The van der Waals surface area contributed by atoms with Gasteiger partial charge in [-0.15, -0.1) is 0 Å². The van der Waals surface area contributed by atoms with Crippen molar-refractivity contribution in [3.05, 3.63) is 92.4 Å². The van der Waals surface area contributed by atoms with Crippen LogP contribution in [-0.4, -0.2) is 25.2 Å². The molecule has 1 N–H and O–H groups in total. The normalized spacial score (nSPS) is 10.6. The molecule has 30 heavy (non-hydrogen) atoms. The highest BCUT2D eigenvalue weighted by atomic mass is 79.9. The second-order valence-corrected chi connectivity index (χ2v) is 7.84. The van der Waals surface area contributed by atoms with E-state index in [0.29, 0.717) is 28.2 Å². The van der Waals surface area contributed by atoms with Crippen LogP contribution in [0, 0.1) is 0 Å². The first-order valence-electron chi connectivity index (χ1n) is 8.71. The van der Waals surface area contributed by atoms with Gasteiger partial charge in [0.15, 0.2) is 0 Å². The number of halogens is 2. The summed E-state index contributed by atoms with van der Waals surface area (Å²) < 4.78 is 12.2. The number of hydrogen-bond donors (Lipinski definition) is 1. The zero-order chi connectivity index (χ0) is 21.5. The van der Waals surface area contributed by atoms with E-state index >= 15 is 0 Å². The molecule has 0 bridgehead atoms. The van der Waals surface area contributed by atoms with Gasteiger partial charge in [0.05, 0.1) is 18.9 Å². The fourth-order valence-electron chi connectivity index (χ4n) is 2.43. The molecule has 0 aliphatic heterocycles. The Labute approximate surface area is 190 Å². The smallest absolute Gasteiger partial charge is 0.343 e. The lowest BCUT2D eigenvalue weighted by Gasteiger charge is -2.08. The van der Waals surface area contributed by atoms with Gasteiger partial charge in [-0.1, -0.05) is 31.9 Å². The van der Waals surface area contributed by atoms with Gasteiger partial charge in [-0.2, -0.15) is 5.10 Å². The molecule has 0 aliphatic rings. The Morgan fingerprint density at radius 2 is 1.53 bits per heavy atom. The lowest BCUT2D eigenvalue weighted by molar-refractivity contribution is 0.0734. The van der Waals surface area contributed by atoms with Crippen molar-refractivity contribution in [3.63, 3.8) is 0 Å². The van der Waals surface area contributed by atoms with Gasteiger partial charge in [-0.25, -0.2) is 10.2 Å². The summed E-state index contributed by atoms with van der Waals surface area (Å²) in [5, 5.41) is 3.98. The van der Waals surface area contributed by atoms with Crippen LogP contribution in [0.4, 0.5) is 0 Å². The highest BCUT2D eigenvalue weighted by Crippen LogP contribution is 2.23. The molecule has 3 aromatic carbocycles. The minimum atomic E-state index is -0.520. The Morgan fingerprint density at radius 3 is 2.20 bits per heavy atom. The first-order valence-corrected chi connectivity index (χ1v) is 10.3. The number of nitrogens with one attached hydrogen (secondary N) is 1. The topological polar surface area (TPSA) is 77.0 Å². The first-order chi connectivity index (χ1) is 14.5. The van der Waals surface area contributed by atoms with Gasteiger partial charge in [0, 0.05) is 20.1 Å². The lowest BCUT2D eigenvalue weighted by Crippen LogP contribution is -2.17. The van der Waals surface area contributed by atoms with Crippen molar-refractivity contribution in [1.29, 1.82) is 0 Å². The minimum Gasteiger partial charge on any atom is -0.497 e. The molecule has 3 aromatic rings. The average Bonchev–Trinajstić information content (AvgIpc) is 2.76. The molecule has 3 rings (SSSR count). The van der Waals surface area contributed by atoms with Crippen molar-refractivity contribution in [2.45, 2.75) is 0 Å². The summed E-state index contributed by atoms with van der Waals surface area (Å²) in [6, 6.07) is 18.6. The summed E-state index contributed by atoms with van der Waals surface area (Å²) in [5.41, 5.74) is 3.82. The zero-order valence-corrected chi connectivity index (χ0v) is 18.9. The maximum atomic E-state index is 12.5. The number of carbonyl (C=O) groups excluding carboxylic acids is 2. The molecule has 0 aromatic heterocycles. The third kappa shape index (κ3) is 5.77. The van der Waals surface area contributed by atoms with Crippen molar-refractivity contribution in [3.8, 4) is 11.5 Å². The maximum Gasteiger partial charge on any atom is 0.343 e. The van der Waals surface area contributed by atoms with Gasteiger partial charge in [0.2, 0.25) is 0 Å². The molecule has 6 nitrogen and oxygen atoms in total. The van der Waals surface area contributed by atoms with Crippen LogP contribution in [0.25, 0.3) is 0 Å². The molecule has 0 saturated heterocycles. The lowest BCUT2D eigenvalue weighted by atomic mass is 10.2. The molecule has 0 saturated carbocycles. The first kappa shape index (κ1) is 21.7. The number of carbonyl (C=O) groups is 2. The average molecular weight is 532 g/mol. The number of benzene rings is 3. The van der Waals surface area contributed by atoms with Gasteiger partial charge >= 0.3 is 5.97 Å². The second-order valence-electron chi connectivity index (χ2n) is 6.01. The summed E-state index contributed by atoms with van der Waals surface area (Å²) in [6.07, 6.45) is 1.41. The summed E-state index contributed by atoms with van der Waals surface area (Å²) >= 11 is 6.70. The van der Waals surface area contributed by atoms with Crippen LogP contribution in [0.3, 0.4) is 0 Å². The molecule has 0 heterocycles. The Morgan fingerprint density at radius 1 is 0.900 bits per heavy atom. The van der Waals surface area contributed by atoms with Crippen molar-refractivity contribution < 1.29 is 19.1 Å². The molecule has 0 atom stereocenters. The predicted molar refractivity (Wildman–Crippen MR) is 121 cm³/mol. The quantitative estimate of drug-likeness (QED) is 0.205. The predicted octanol–water partition coefficient (Wildman–Crippen LogP) is 5.20. The van der Waals surface area contributed by atoms with Crippen molar-refractivity contribution in [2.24, 2.45) is 5.10 Å². The van der Waals surface area contributed by atoms with Gasteiger partial charge in [-0.3, -0.25) is 4.79 Å². The van der Waals surface area contributed by atoms with E-state index in [2.05, 4.69) is 42.4 Å². The fourth-order valence-corrected chi connectivity index (χ4v) is 3.07. The van der Waals surface area contributed by atoms with E-state index in [1.807, 2.05) is 0 Å². The zero-order valence-electron chi connectivity index (χ0n) is 15.8. The molecular weight excluding hydrogens is 516 g/mol. The van der Waals surface area contributed by atoms with Gasteiger partial charge < -0.3 is 9.47 Å². The molecule has 0 aliphatic carbocycles. The number of rotatable bonds is 6. The molecule has 152 valence electrons. The van der Waals surface area contributed by atoms with Crippen LogP contribution >= 0.6 is 31.9 Å². The van der Waals surface area contributed by atoms with Crippen LogP contribution in [0.2, 0.25) is 0 Å². The molecule has 1 amide bonds. The number of esters is 1. The third-order valence-electron chi connectivity index (χ3n) is 3.98. The van der Waals surface area contributed by atoms with E-state index in [1.54, 1.807) is 73.8 Å². The summed E-state index contributed by atoms with van der Waals surface area (Å²) in [5.74, 6) is 0.0734. The maximum absolute atomic E-state index is 12.5. The van der Waals surface area contributed by atoms with Gasteiger partial charge in [-0.05, 0) is 66.7 Å². The third-order valence-corrected chi connectivity index (χ3v) is 5.00. The van der Waals surface area contributed by atoms with Gasteiger partial charge in [0.25, 0.3) is 5.91 Å². The van der Waals surface area contributed by atoms with E-state index in [1.165, 1.54) is 6.21 Å². The fraction of sp³-hybridized carbons (Fsp3) is 0.0455. The highest BCUT2D eigenvalue weighted by molar-refractivity contribution is 9.10. The van der Waals surface area contributed by atoms with Crippen LogP contribution in [0.5, 0.6) is 11.5 Å². The Hall–Kier alpha value is -2.97. The van der Waals surface area contributed by atoms with Crippen molar-refractivity contribution in [1.82, 2.24) is 5.43 Å². The Balaban J connectivity index is 1.72. The van der Waals surface area contributed by atoms with Crippen LogP contribution in [0.1, 0.15) is 26.3 Å². The van der Waals surface area contributed by atoms with E-state index < -0.39 is 5.97 Å². The number of amides is 1. The van der Waals surface area contributed by atoms with Crippen LogP contribution in [-0.2, 0) is 0 Å². The number of methoxy groups -OCH3 is 1. The Kier molecular flexibility index (Phi) is 7.37. The molecule has 0 unspecified atom stereocenters. The number of hydrogen-bond acceptors (Lipinski definition) is 5. The number of hydrazone groups is 1. The van der Waals surface area contributed by atoms with Crippen LogP contribution in [0.15, 0.2) is 80.8 Å².